The normalized spacial score (nSPS) is 10.9. The molecule has 0 radical (unpaired) electrons. The fraction of sp³-hybridized carbons (Fsp3) is 0.0667. The molecule has 2 aromatic heterocycles. The summed E-state index contributed by atoms with van der Waals surface area (Å²) in [7, 11) is 0. The maximum Gasteiger partial charge on any atom is 0.195 e. The summed E-state index contributed by atoms with van der Waals surface area (Å²) in [5, 5.41) is 0.823. The second-order valence-electron chi connectivity index (χ2n) is 4.49. The standard InChI is InChI=1S/C15H10Br2N2O/c1-8-10(3-2-4-13(8)17)14(20)12-7-19-15-11(12)5-9(16)6-18-15/h2-7H,1H3,(H,18,19). The van der Waals surface area contributed by atoms with Crippen LogP contribution in [0.25, 0.3) is 11.0 Å². The molecular weight excluding hydrogens is 384 g/mol. The first-order valence-corrected chi connectivity index (χ1v) is 7.59. The number of carbonyl (C=O) groups is 1. The van der Waals surface area contributed by atoms with E-state index >= 15 is 0 Å². The Labute approximate surface area is 132 Å². The highest BCUT2D eigenvalue weighted by Crippen LogP contribution is 2.26. The highest BCUT2D eigenvalue weighted by Gasteiger charge is 2.17. The molecular formula is C15H10Br2N2O. The summed E-state index contributed by atoms with van der Waals surface area (Å²) in [4.78, 5) is 20.0. The summed E-state index contributed by atoms with van der Waals surface area (Å²) in [5.41, 5.74) is 2.98. The zero-order valence-electron chi connectivity index (χ0n) is 10.6. The highest BCUT2D eigenvalue weighted by atomic mass is 79.9. The number of rotatable bonds is 2. The molecule has 0 unspecified atom stereocenters. The van der Waals surface area contributed by atoms with Gasteiger partial charge in [-0.2, -0.15) is 0 Å². The smallest absolute Gasteiger partial charge is 0.195 e. The van der Waals surface area contributed by atoms with Crippen LogP contribution < -0.4 is 0 Å². The largest absolute Gasteiger partial charge is 0.345 e. The number of pyridine rings is 1. The summed E-state index contributed by atoms with van der Waals surface area (Å²) >= 11 is 6.85. The van der Waals surface area contributed by atoms with Crippen molar-refractivity contribution in [1.82, 2.24) is 9.97 Å². The third-order valence-electron chi connectivity index (χ3n) is 3.25. The number of hydrogen-bond donors (Lipinski definition) is 1. The number of halogens is 2. The number of hydrogen-bond acceptors (Lipinski definition) is 2. The predicted molar refractivity (Wildman–Crippen MR) is 86.1 cm³/mol. The lowest BCUT2D eigenvalue weighted by molar-refractivity contribution is 0.103. The molecule has 2 heterocycles. The summed E-state index contributed by atoms with van der Waals surface area (Å²) in [6.07, 6.45) is 3.42. The molecule has 3 aromatic rings. The van der Waals surface area contributed by atoms with Crippen molar-refractivity contribution >= 4 is 48.7 Å². The molecule has 0 amide bonds. The number of H-pyrrole nitrogens is 1. The molecule has 3 rings (SSSR count). The second kappa shape index (κ2) is 5.14. The number of nitrogens with one attached hydrogen (secondary N) is 1. The van der Waals surface area contributed by atoms with Crippen LogP contribution in [0.15, 0.2) is 45.6 Å². The Morgan fingerprint density at radius 3 is 2.85 bits per heavy atom. The first kappa shape index (κ1) is 13.5. The summed E-state index contributed by atoms with van der Waals surface area (Å²) < 4.78 is 1.78. The maximum atomic E-state index is 12.7. The van der Waals surface area contributed by atoms with Crippen LogP contribution in [0, 0.1) is 6.92 Å². The number of aromatic amines is 1. The van der Waals surface area contributed by atoms with Crippen molar-refractivity contribution in [2.24, 2.45) is 0 Å². The van der Waals surface area contributed by atoms with Crippen LogP contribution in [0.3, 0.4) is 0 Å². The third kappa shape index (κ3) is 2.21. The van der Waals surface area contributed by atoms with E-state index in [4.69, 9.17) is 0 Å². The zero-order valence-corrected chi connectivity index (χ0v) is 13.7. The van der Waals surface area contributed by atoms with Gasteiger partial charge < -0.3 is 4.98 Å². The van der Waals surface area contributed by atoms with Gasteiger partial charge >= 0.3 is 0 Å². The van der Waals surface area contributed by atoms with E-state index in [1.165, 1.54) is 0 Å². The van der Waals surface area contributed by atoms with Crippen molar-refractivity contribution in [1.29, 1.82) is 0 Å². The van der Waals surface area contributed by atoms with E-state index in [0.29, 0.717) is 16.8 Å². The number of fused-ring (bicyclic) bond motifs is 1. The van der Waals surface area contributed by atoms with E-state index in [2.05, 4.69) is 41.8 Å². The summed E-state index contributed by atoms with van der Waals surface area (Å²) in [6, 6.07) is 7.54. The number of aromatic nitrogens is 2. The van der Waals surface area contributed by atoms with Gasteiger partial charge in [0, 0.05) is 37.9 Å². The molecule has 0 bridgehead atoms. The third-order valence-corrected chi connectivity index (χ3v) is 4.55. The van der Waals surface area contributed by atoms with Gasteiger partial charge in [-0.3, -0.25) is 4.79 Å². The highest BCUT2D eigenvalue weighted by molar-refractivity contribution is 9.10. The van der Waals surface area contributed by atoms with Crippen LogP contribution in [0.2, 0.25) is 0 Å². The molecule has 0 aliphatic rings. The minimum atomic E-state index is -0.00468. The first-order valence-electron chi connectivity index (χ1n) is 6.00. The van der Waals surface area contributed by atoms with Gasteiger partial charge in [0.25, 0.3) is 0 Å². The molecule has 20 heavy (non-hydrogen) atoms. The summed E-state index contributed by atoms with van der Waals surface area (Å²) in [5.74, 6) is -0.00468. The van der Waals surface area contributed by atoms with E-state index < -0.39 is 0 Å². The summed E-state index contributed by atoms with van der Waals surface area (Å²) in [6.45, 7) is 1.93. The molecule has 0 aliphatic heterocycles. The van der Waals surface area contributed by atoms with Gasteiger partial charge in [0.1, 0.15) is 5.65 Å². The van der Waals surface area contributed by atoms with Crippen molar-refractivity contribution < 1.29 is 4.79 Å². The van der Waals surface area contributed by atoms with Gasteiger partial charge in [0.15, 0.2) is 5.78 Å². The van der Waals surface area contributed by atoms with Gasteiger partial charge in [-0.1, -0.05) is 28.1 Å². The Kier molecular flexibility index (Phi) is 3.48. The lowest BCUT2D eigenvalue weighted by atomic mass is 9.99. The lowest BCUT2D eigenvalue weighted by Gasteiger charge is -2.06. The Balaban J connectivity index is 2.18. The van der Waals surface area contributed by atoms with Gasteiger partial charge in [-0.25, -0.2) is 4.98 Å². The van der Waals surface area contributed by atoms with E-state index in [0.717, 1.165) is 19.9 Å². The zero-order chi connectivity index (χ0) is 14.3. The van der Waals surface area contributed by atoms with E-state index in [1.807, 2.05) is 31.2 Å². The SMILES string of the molecule is Cc1c(Br)cccc1C(=O)c1c[nH]c2ncc(Br)cc12. The number of ketones is 1. The van der Waals surface area contributed by atoms with Gasteiger partial charge in [-0.15, -0.1) is 0 Å². The minimum Gasteiger partial charge on any atom is -0.345 e. The monoisotopic (exact) mass is 392 g/mol. The fourth-order valence-electron chi connectivity index (χ4n) is 2.16. The van der Waals surface area contributed by atoms with Gasteiger partial charge in [0.05, 0.1) is 0 Å². The number of nitrogens with zero attached hydrogens (tertiary/aromatic N) is 1. The molecule has 1 N–H and O–H groups in total. The molecule has 0 aliphatic carbocycles. The Morgan fingerprint density at radius 1 is 1.25 bits per heavy atom. The molecule has 1 aromatic carbocycles. The van der Waals surface area contributed by atoms with Crippen LogP contribution in [0.1, 0.15) is 21.5 Å². The Morgan fingerprint density at radius 2 is 2.05 bits per heavy atom. The second-order valence-corrected chi connectivity index (χ2v) is 6.26. The number of carbonyl (C=O) groups excluding carboxylic acids is 1. The minimum absolute atomic E-state index is 0.00468. The molecule has 0 atom stereocenters. The Hall–Kier alpha value is -1.46. The van der Waals surface area contributed by atoms with Crippen molar-refractivity contribution in [3.05, 3.63) is 62.3 Å². The topological polar surface area (TPSA) is 45.8 Å². The molecule has 5 heteroatoms. The van der Waals surface area contributed by atoms with Crippen LogP contribution in [-0.2, 0) is 0 Å². The Bertz CT molecular complexity index is 824. The maximum absolute atomic E-state index is 12.7. The van der Waals surface area contributed by atoms with E-state index in [-0.39, 0.29) is 5.78 Å². The fourth-order valence-corrected chi connectivity index (χ4v) is 2.86. The van der Waals surface area contributed by atoms with Gasteiger partial charge in [0.2, 0.25) is 0 Å². The molecule has 3 nitrogen and oxygen atoms in total. The predicted octanol–water partition coefficient (Wildman–Crippen LogP) is 4.63. The average molecular weight is 394 g/mol. The van der Waals surface area contributed by atoms with Crippen LogP contribution in [-0.4, -0.2) is 15.8 Å². The van der Waals surface area contributed by atoms with Crippen LogP contribution in [0.5, 0.6) is 0 Å². The van der Waals surface area contributed by atoms with Crippen LogP contribution in [0.4, 0.5) is 0 Å². The van der Waals surface area contributed by atoms with E-state index in [9.17, 15) is 4.79 Å². The van der Waals surface area contributed by atoms with Crippen molar-refractivity contribution in [3.63, 3.8) is 0 Å². The van der Waals surface area contributed by atoms with Crippen LogP contribution >= 0.6 is 31.9 Å². The molecule has 0 fully saturated rings. The number of benzene rings is 1. The molecule has 0 saturated heterocycles. The van der Waals surface area contributed by atoms with Crippen molar-refractivity contribution in [2.45, 2.75) is 6.92 Å². The van der Waals surface area contributed by atoms with Crippen molar-refractivity contribution in [3.8, 4) is 0 Å². The average Bonchev–Trinajstić information content (AvgIpc) is 2.84. The lowest BCUT2D eigenvalue weighted by Crippen LogP contribution is -2.03. The first-order chi connectivity index (χ1) is 9.58. The molecule has 100 valence electrons. The van der Waals surface area contributed by atoms with Gasteiger partial charge in [-0.05, 0) is 40.5 Å². The van der Waals surface area contributed by atoms with Crippen molar-refractivity contribution in [2.75, 3.05) is 0 Å². The molecule has 0 spiro atoms. The molecule has 0 saturated carbocycles. The van der Waals surface area contributed by atoms with E-state index in [1.54, 1.807) is 12.4 Å². The quantitative estimate of drug-likeness (QED) is 0.645.